The molecule has 0 atom stereocenters. The van der Waals surface area contributed by atoms with E-state index in [9.17, 15) is 4.79 Å². The molecule has 1 N–H and O–H groups in total. The Bertz CT molecular complexity index is 398. The van der Waals surface area contributed by atoms with Crippen LogP contribution in [0, 0.1) is 0 Å². The van der Waals surface area contributed by atoms with Gasteiger partial charge < -0.3 is 10.0 Å². The fraction of sp³-hybridized carbons (Fsp3) is 0.538. The average molecular weight is 234 g/mol. The Morgan fingerprint density at radius 3 is 2.82 bits per heavy atom. The molecule has 17 heavy (non-hydrogen) atoms. The van der Waals surface area contributed by atoms with Gasteiger partial charge >= 0.3 is 6.09 Å². The lowest BCUT2D eigenvalue weighted by atomic mass is 9.88. The van der Waals surface area contributed by atoms with Crippen LogP contribution in [0.2, 0.25) is 0 Å². The van der Waals surface area contributed by atoms with E-state index in [4.69, 9.17) is 5.11 Å². The van der Waals surface area contributed by atoms with Gasteiger partial charge in [0.1, 0.15) is 0 Å². The third-order valence-corrected chi connectivity index (χ3v) is 3.47. The number of pyridine rings is 1. The summed E-state index contributed by atoms with van der Waals surface area (Å²) in [4.78, 5) is 16.7. The summed E-state index contributed by atoms with van der Waals surface area (Å²) < 4.78 is 0. The van der Waals surface area contributed by atoms with Gasteiger partial charge in [-0.1, -0.05) is 13.0 Å². The third-order valence-electron chi connectivity index (χ3n) is 3.47. The molecule has 1 fully saturated rings. The molecule has 0 spiro atoms. The summed E-state index contributed by atoms with van der Waals surface area (Å²) in [5.41, 5.74) is 2.46. The Labute approximate surface area is 101 Å². The van der Waals surface area contributed by atoms with Crippen molar-refractivity contribution < 1.29 is 9.90 Å². The van der Waals surface area contributed by atoms with Crippen molar-refractivity contribution in [3.05, 3.63) is 29.6 Å². The molecule has 4 nitrogen and oxygen atoms in total. The van der Waals surface area contributed by atoms with Crippen LogP contribution in [0.15, 0.2) is 18.3 Å². The van der Waals surface area contributed by atoms with Crippen LogP contribution in [0.1, 0.15) is 36.9 Å². The Kier molecular flexibility index (Phi) is 3.61. The van der Waals surface area contributed by atoms with Crippen molar-refractivity contribution in [2.24, 2.45) is 0 Å². The van der Waals surface area contributed by atoms with E-state index >= 15 is 0 Å². The van der Waals surface area contributed by atoms with Crippen molar-refractivity contribution >= 4 is 6.09 Å². The van der Waals surface area contributed by atoms with Gasteiger partial charge in [0.2, 0.25) is 0 Å². The standard InChI is InChI=1S/C13H18N2O2/c1-2-12-11(4-3-7-14-12)10-5-8-15(9-6-10)13(16)17/h3-4,7,10H,2,5-6,8-9H2,1H3,(H,16,17). The van der Waals surface area contributed by atoms with Crippen molar-refractivity contribution in [1.82, 2.24) is 9.88 Å². The van der Waals surface area contributed by atoms with E-state index < -0.39 is 6.09 Å². The zero-order valence-electron chi connectivity index (χ0n) is 10.1. The van der Waals surface area contributed by atoms with Crippen LogP contribution in [0.3, 0.4) is 0 Å². The van der Waals surface area contributed by atoms with E-state index in [1.54, 1.807) is 0 Å². The van der Waals surface area contributed by atoms with Crippen LogP contribution in [0.4, 0.5) is 4.79 Å². The highest BCUT2D eigenvalue weighted by Gasteiger charge is 2.24. The lowest BCUT2D eigenvalue weighted by Crippen LogP contribution is -2.37. The Balaban J connectivity index is 2.07. The largest absolute Gasteiger partial charge is 0.465 e. The van der Waals surface area contributed by atoms with Crippen LogP contribution in [0.25, 0.3) is 0 Å². The number of piperidine rings is 1. The topological polar surface area (TPSA) is 53.4 Å². The SMILES string of the molecule is CCc1ncccc1C1CCN(C(=O)O)CC1. The lowest BCUT2D eigenvalue weighted by molar-refractivity contribution is 0.132. The van der Waals surface area contributed by atoms with Crippen LogP contribution in [0.5, 0.6) is 0 Å². The van der Waals surface area contributed by atoms with Crippen molar-refractivity contribution in [3.63, 3.8) is 0 Å². The molecular weight excluding hydrogens is 216 g/mol. The van der Waals surface area contributed by atoms with Gasteiger partial charge in [0, 0.05) is 25.0 Å². The van der Waals surface area contributed by atoms with E-state index in [1.165, 1.54) is 10.5 Å². The number of rotatable bonds is 2. The summed E-state index contributed by atoms with van der Waals surface area (Å²) in [6, 6.07) is 4.10. The Morgan fingerprint density at radius 1 is 1.53 bits per heavy atom. The van der Waals surface area contributed by atoms with Crippen molar-refractivity contribution in [3.8, 4) is 0 Å². The quantitative estimate of drug-likeness (QED) is 0.855. The smallest absolute Gasteiger partial charge is 0.407 e. The molecule has 1 amide bonds. The molecule has 0 radical (unpaired) electrons. The molecule has 0 aromatic carbocycles. The lowest BCUT2D eigenvalue weighted by Gasteiger charge is -2.30. The van der Waals surface area contributed by atoms with Gasteiger partial charge in [-0.15, -0.1) is 0 Å². The highest BCUT2D eigenvalue weighted by atomic mass is 16.4. The maximum absolute atomic E-state index is 10.8. The molecule has 4 heteroatoms. The minimum Gasteiger partial charge on any atom is -0.465 e. The van der Waals surface area contributed by atoms with E-state index in [-0.39, 0.29) is 0 Å². The second kappa shape index (κ2) is 5.17. The first kappa shape index (κ1) is 11.9. The highest BCUT2D eigenvalue weighted by Crippen LogP contribution is 2.29. The molecule has 0 unspecified atom stereocenters. The number of likely N-dealkylation sites (tertiary alicyclic amines) is 1. The number of hydrogen-bond donors (Lipinski definition) is 1. The second-order valence-electron chi connectivity index (χ2n) is 4.44. The number of carbonyl (C=O) groups is 1. The summed E-state index contributed by atoms with van der Waals surface area (Å²) in [7, 11) is 0. The van der Waals surface area contributed by atoms with Crippen molar-refractivity contribution in [2.45, 2.75) is 32.1 Å². The summed E-state index contributed by atoms with van der Waals surface area (Å²) in [6.45, 7) is 3.38. The van der Waals surface area contributed by atoms with Gasteiger partial charge in [0.25, 0.3) is 0 Å². The fourth-order valence-electron chi connectivity index (χ4n) is 2.50. The summed E-state index contributed by atoms with van der Waals surface area (Å²) in [5, 5.41) is 8.91. The van der Waals surface area contributed by atoms with Gasteiger partial charge in [-0.25, -0.2) is 4.79 Å². The van der Waals surface area contributed by atoms with Crippen molar-refractivity contribution in [2.75, 3.05) is 13.1 Å². The predicted molar refractivity (Wildman–Crippen MR) is 65.2 cm³/mol. The first-order valence-electron chi connectivity index (χ1n) is 6.14. The van der Waals surface area contributed by atoms with Gasteiger partial charge in [0.05, 0.1) is 0 Å². The van der Waals surface area contributed by atoms with E-state index in [0.717, 1.165) is 25.0 Å². The molecule has 1 aliphatic rings. The fourth-order valence-corrected chi connectivity index (χ4v) is 2.50. The number of hydrogen-bond acceptors (Lipinski definition) is 2. The summed E-state index contributed by atoms with van der Waals surface area (Å²) in [5.74, 6) is 0.467. The number of aryl methyl sites for hydroxylation is 1. The average Bonchev–Trinajstić information content (AvgIpc) is 2.39. The number of amides is 1. The zero-order chi connectivity index (χ0) is 12.3. The normalized spacial score (nSPS) is 17.1. The van der Waals surface area contributed by atoms with Gasteiger partial charge in [-0.3, -0.25) is 4.98 Å². The number of aromatic nitrogens is 1. The number of carboxylic acid groups (broad SMARTS) is 1. The van der Waals surface area contributed by atoms with E-state index in [2.05, 4.69) is 18.0 Å². The predicted octanol–water partition coefficient (Wildman–Crippen LogP) is 2.50. The Hall–Kier alpha value is -1.58. The number of nitrogens with zero attached hydrogens (tertiary/aromatic N) is 2. The van der Waals surface area contributed by atoms with Crippen LogP contribution < -0.4 is 0 Å². The molecule has 1 aliphatic heterocycles. The van der Waals surface area contributed by atoms with Gasteiger partial charge in [-0.2, -0.15) is 0 Å². The molecule has 1 aromatic heterocycles. The molecule has 1 saturated heterocycles. The molecule has 1 aromatic rings. The molecular formula is C13H18N2O2. The molecule has 92 valence electrons. The molecule has 2 rings (SSSR count). The van der Waals surface area contributed by atoms with E-state index in [1.807, 2.05) is 12.3 Å². The maximum Gasteiger partial charge on any atom is 0.407 e. The Morgan fingerprint density at radius 2 is 2.24 bits per heavy atom. The molecule has 0 saturated carbocycles. The van der Waals surface area contributed by atoms with Crippen molar-refractivity contribution in [1.29, 1.82) is 0 Å². The van der Waals surface area contributed by atoms with Gasteiger partial charge in [-0.05, 0) is 36.8 Å². The van der Waals surface area contributed by atoms with Crippen LogP contribution in [-0.4, -0.2) is 34.2 Å². The first-order valence-corrected chi connectivity index (χ1v) is 6.14. The molecule has 0 aliphatic carbocycles. The maximum atomic E-state index is 10.8. The molecule has 0 bridgehead atoms. The first-order chi connectivity index (χ1) is 8.22. The minimum atomic E-state index is -0.801. The van der Waals surface area contributed by atoms with Crippen LogP contribution >= 0.6 is 0 Å². The van der Waals surface area contributed by atoms with E-state index in [0.29, 0.717) is 19.0 Å². The zero-order valence-corrected chi connectivity index (χ0v) is 10.1. The third kappa shape index (κ3) is 2.57. The minimum absolute atomic E-state index is 0.467. The summed E-state index contributed by atoms with van der Waals surface area (Å²) >= 11 is 0. The molecule has 2 heterocycles. The second-order valence-corrected chi connectivity index (χ2v) is 4.44. The van der Waals surface area contributed by atoms with Crippen LogP contribution in [-0.2, 0) is 6.42 Å². The summed E-state index contributed by atoms with van der Waals surface area (Å²) in [6.07, 6.45) is 3.78. The highest BCUT2D eigenvalue weighted by molar-refractivity contribution is 5.65. The van der Waals surface area contributed by atoms with Gasteiger partial charge in [0.15, 0.2) is 0 Å². The monoisotopic (exact) mass is 234 g/mol.